The van der Waals surface area contributed by atoms with Crippen molar-refractivity contribution >= 4 is 35.0 Å². The van der Waals surface area contributed by atoms with Gasteiger partial charge in [0.25, 0.3) is 0 Å². The first kappa shape index (κ1) is 21.2. The zero-order valence-corrected chi connectivity index (χ0v) is 18.6. The van der Waals surface area contributed by atoms with Gasteiger partial charge in [-0.25, -0.2) is 0 Å². The maximum Gasteiger partial charge on any atom is 0.238 e. The van der Waals surface area contributed by atoms with Crippen LogP contribution >= 0.6 is 11.8 Å². The van der Waals surface area contributed by atoms with E-state index in [2.05, 4.69) is 31.3 Å². The van der Waals surface area contributed by atoms with Gasteiger partial charge in [-0.05, 0) is 46.9 Å². The monoisotopic (exact) mass is 430 g/mol. The average molecular weight is 431 g/mol. The summed E-state index contributed by atoms with van der Waals surface area (Å²) in [4.78, 5) is 26.8. The molecule has 4 nitrogen and oxygen atoms in total. The topological polar surface area (TPSA) is 49.4 Å². The van der Waals surface area contributed by atoms with Gasteiger partial charge in [0.1, 0.15) is 5.37 Å². The molecule has 1 heterocycles. The summed E-state index contributed by atoms with van der Waals surface area (Å²) in [7, 11) is 0. The first-order chi connectivity index (χ1) is 15.0. The molecule has 1 atom stereocenters. The van der Waals surface area contributed by atoms with Gasteiger partial charge in [-0.1, -0.05) is 68.4 Å². The van der Waals surface area contributed by atoms with Gasteiger partial charge in [0, 0.05) is 11.4 Å². The number of hydrogen-bond donors (Lipinski definition) is 1. The number of thioether (sulfide) groups is 1. The standard InChI is InChI=1S/C26H26N2O2S/c1-18(2)20-10-14-23(15-11-20)28-25(30)17-31-26(28)21-8-12-22(13-9-21)27-24(29)16-19-6-4-3-5-7-19/h3-15,18,26H,16-17H2,1-2H3,(H,27,29)/t26-/m1/s1. The van der Waals surface area contributed by atoms with E-state index < -0.39 is 0 Å². The minimum Gasteiger partial charge on any atom is -0.326 e. The third kappa shape index (κ3) is 5.00. The molecule has 3 aromatic carbocycles. The molecule has 0 saturated carbocycles. The zero-order chi connectivity index (χ0) is 21.8. The highest BCUT2D eigenvalue weighted by molar-refractivity contribution is 8.00. The number of rotatable bonds is 6. The Kier molecular flexibility index (Phi) is 6.42. The summed E-state index contributed by atoms with van der Waals surface area (Å²) in [5.41, 5.74) is 4.97. The minimum absolute atomic E-state index is 0.0452. The first-order valence-electron chi connectivity index (χ1n) is 10.5. The number of carbonyl (C=O) groups excluding carboxylic acids is 2. The van der Waals surface area contributed by atoms with Gasteiger partial charge in [-0.15, -0.1) is 11.8 Å². The van der Waals surface area contributed by atoms with Crippen molar-refractivity contribution in [3.05, 3.63) is 95.6 Å². The van der Waals surface area contributed by atoms with Crippen molar-refractivity contribution in [2.24, 2.45) is 0 Å². The van der Waals surface area contributed by atoms with E-state index in [9.17, 15) is 9.59 Å². The molecule has 5 heteroatoms. The smallest absolute Gasteiger partial charge is 0.238 e. The van der Waals surface area contributed by atoms with Gasteiger partial charge in [0.15, 0.2) is 0 Å². The van der Waals surface area contributed by atoms with Crippen LogP contribution in [0.2, 0.25) is 0 Å². The molecule has 0 bridgehead atoms. The van der Waals surface area contributed by atoms with Crippen LogP contribution in [0.1, 0.15) is 41.8 Å². The van der Waals surface area contributed by atoms with Crippen LogP contribution in [-0.4, -0.2) is 17.6 Å². The van der Waals surface area contributed by atoms with Crippen LogP contribution in [-0.2, 0) is 16.0 Å². The van der Waals surface area contributed by atoms with Crippen LogP contribution in [0.3, 0.4) is 0 Å². The molecule has 1 N–H and O–H groups in total. The molecule has 0 aromatic heterocycles. The number of carbonyl (C=O) groups is 2. The van der Waals surface area contributed by atoms with Crippen molar-refractivity contribution in [1.82, 2.24) is 0 Å². The molecule has 1 aliphatic rings. The molecule has 4 rings (SSSR count). The van der Waals surface area contributed by atoms with E-state index in [-0.39, 0.29) is 17.2 Å². The lowest BCUT2D eigenvalue weighted by atomic mass is 10.0. The molecule has 2 amide bonds. The Balaban J connectivity index is 1.46. The molecule has 0 radical (unpaired) electrons. The largest absolute Gasteiger partial charge is 0.326 e. The predicted molar refractivity (Wildman–Crippen MR) is 128 cm³/mol. The highest BCUT2D eigenvalue weighted by Gasteiger charge is 2.34. The van der Waals surface area contributed by atoms with Crippen molar-refractivity contribution in [1.29, 1.82) is 0 Å². The second-order valence-electron chi connectivity index (χ2n) is 8.01. The molecule has 1 aliphatic heterocycles. The maximum absolute atomic E-state index is 12.6. The van der Waals surface area contributed by atoms with Crippen molar-refractivity contribution in [3.8, 4) is 0 Å². The molecule has 0 aliphatic carbocycles. The molecular formula is C26H26N2O2S. The summed E-state index contributed by atoms with van der Waals surface area (Å²) in [6.07, 6.45) is 0.343. The van der Waals surface area contributed by atoms with Crippen LogP contribution in [0.5, 0.6) is 0 Å². The molecule has 1 fully saturated rings. The van der Waals surface area contributed by atoms with E-state index in [0.717, 1.165) is 22.5 Å². The van der Waals surface area contributed by atoms with E-state index in [1.54, 1.807) is 11.8 Å². The van der Waals surface area contributed by atoms with Crippen LogP contribution in [0.4, 0.5) is 11.4 Å². The van der Waals surface area contributed by atoms with Gasteiger partial charge >= 0.3 is 0 Å². The van der Waals surface area contributed by atoms with Crippen LogP contribution < -0.4 is 10.2 Å². The maximum atomic E-state index is 12.6. The Bertz CT molecular complexity index is 1050. The highest BCUT2D eigenvalue weighted by Crippen LogP contribution is 2.42. The van der Waals surface area contributed by atoms with Gasteiger partial charge in [-0.2, -0.15) is 0 Å². The van der Waals surface area contributed by atoms with Crippen molar-refractivity contribution in [2.45, 2.75) is 31.6 Å². The van der Waals surface area contributed by atoms with Crippen LogP contribution in [0.25, 0.3) is 0 Å². The van der Waals surface area contributed by atoms with Crippen molar-refractivity contribution in [3.63, 3.8) is 0 Å². The SMILES string of the molecule is CC(C)c1ccc(N2C(=O)CS[C@@H]2c2ccc(NC(=O)Cc3ccccc3)cc2)cc1. The summed E-state index contributed by atoms with van der Waals surface area (Å²) in [5.74, 6) is 0.994. The highest BCUT2D eigenvalue weighted by atomic mass is 32.2. The number of anilines is 2. The number of hydrogen-bond acceptors (Lipinski definition) is 3. The zero-order valence-electron chi connectivity index (χ0n) is 17.7. The Hall–Kier alpha value is -3.05. The normalized spacial score (nSPS) is 16.0. The summed E-state index contributed by atoms with van der Waals surface area (Å²) in [5, 5.41) is 2.89. The minimum atomic E-state index is -0.0635. The third-order valence-electron chi connectivity index (χ3n) is 5.39. The van der Waals surface area contributed by atoms with E-state index in [0.29, 0.717) is 18.1 Å². The van der Waals surface area contributed by atoms with Crippen LogP contribution in [0.15, 0.2) is 78.9 Å². The number of amides is 2. The first-order valence-corrected chi connectivity index (χ1v) is 11.5. The predicted octanol–water partition coefficient (Wildman–Crippen LogP) is 5.77. The van der Waals surface area contributed by atoms with E-state index >= 15 is 0 Å². The third-order valence-corrected chi connectivity index (χ3v) is 6.61. The quantitative estimate of drug-likeness (QED) is 0.540. The molecule has 31 heavy (non-hydrogen) atoms. The van der Waals surface area contributed by atoms with Crippen LogP contribution in [0, 0.1) is 0 Å². The lowest BCUT2D eigenvalue weighted by Gasteiger charge is -2.25. The lowest BCUT2D eigenvalue weighted by molar-refractivity contribution is -0.116. The lowest BCUT2D eigenvalue weighted by Crippen LogP contribution is -2.27. The van der Waals surface area contributed by atoms with Gasteiger partial charge in [0.05, 0.1) is 12.2 Å². The summed E-state index contributed by atoms with van der Waals surface area (Å²) in [6.45, 7) is 4.32. The summed E-state index contributed by atoms with van der Waals surface area (Å²) in [6, 6.07) is 25.7. The molecule has 3 aromatic rings. The summed E-state index contributed by atoms with van der Waals surface area (Å²) >= 11 is 1.63. The second-order valence-corrected chi connectivity index (χ2v) is 9.07. The van der Waals surface area contributed by atoms with E-state index in [1.807, 2.05) is 71.6 Å². The average Bonchev–Trinajstić information content (AvgIpc) is 3.16. The fraction of sp³-hybridized carbons (Fsp3) is 0.231. The Morgan fingerprint density at radius 2 is 1.68 bits per heavy atom. The second kappa shape index (κ2) is 9.40. The van der Waals surface area contributed by atoms with E-state index in [4.69, 9.17) is 0 Å². The fourth-order valence-electron chi connectivity index (χ4n) is 3.69. The number of nitrogens with one attached hydrogen (secondary N) is 1. The van der Waals surface area contributed by atoms with E-state index in [1.165, 1.54) is 5.56 Å². The number of benzene rings is 3. The fourth-order valence-corrected chi connectivity index (χ4v) is 4.86. The molecule has 1 saturated heterocycles. The molecule has 0 unspecified atom stereocenters. The van der Waals surface area contributed by atoms with Gasteiger partial charge < -0.3 is 5.32 Å². The Morgan fingerprint density at radius 1 is 1.00 bits per heavy atom. The van der Waals surface area contributed by atoms with Crippen molar-refractivity contribution < 1.29 is 9.59 Å². The molecule has 158 valence electrons. The Morgan fingerprint density at radius 3 is 2.32 bits per heavy atom. The number of nitrogens with zero attached hydrogens (tertiary/aromatic N) is 1. The molecule has 0 spiro atoms. The molecular weight excluding hydrogens is 404 g/mol. The van der Waals surface area contributed by atoms with Gasteiger partial charge in [0.2, 0.25) is 11.8 Å². The Labute approximate surface area is 187 Å². The van der Waals surface area contributed by atoms with Gasteiger partial charge in [-0.3, -0.25) is 14.5 Å². The summed E-state index contributed by atoms with van der Waals surface area (Å²) < 4.78 is 0. The van der Waals surface area contributed by atoms with Crippen molar-refractivity contribution in [2.75, 3.05) is 16.0 Å².